The van der Waals surface area contributed by atoms with Crippen LogP contribution < -0.4 is 0 Å². The first-order chi connectivity index (χ1) is 15.9. The Hall–Kier alpha value is -1.60. The molecule has 2 atom stereocenters. The van der Waals surface area contributed by atoms with Crippen LogP contribution in [0.4, 0.5) is 0 Å². The predicted octanol–water partition coefficient (Wildman–Crippen LogP) is 7.22. The molecule has 0 unspecified atom stereocenters. The second kappa shape index (κ2) is 17.8. The van der Waals surface area contributed by atoms with E-state index < -0.39 is 22.3 Å². The van der Waals surface area contributed by atoms with Gasteiger partial charge in [0.2, 0.25) is 0 Å². The van der Waals surface area contributed by atoms with Crippen molar-refractivity contribution >= 4 is 10.1 Å². The average Bonchev–Trinajstić information content (AvgIpc) is 2.79. The van der Waals surface area contributed by atoms with E-state index >= 15 is 0 Å². The monoisotopic (exact) mass is 481 g/mol. The predicted molar refractivity (Wildman–Crippen MR) is 134 cm³/mol. The fourth-order valence-corrected chi connectivity index (χ4v) is 4.71. The number of hydrogen-bond acceptors (Lipinski definition) is 5. The summed E-state index contributed by atoms with van der Waals surface area (Å²) in [6.07, 6.45) is 15.6. The molecular formula is C25H43N3O4S. The van der Waals surface area contributed by atoms with Crippen molar-refractivity contribution in [1.82, 2.24) is 0 Å². The Morgan fingerprint density at radius 1 is 0.909 bits per heavy atom. The highest BCUT2D eigenvalue weighted by atomic mass is 32.2. The highest BCUT2D eigenvalue weighted by molar-refractivity contribution is 7.86. The molecule has 1 aromatic carbocycles. The van der Waals surface area contributed by atoms with Gasteiger partial charge in [-0.25, -0.2) is 0 Å². The van der Waals surface area contributed by atoms with Gasteiger partial charge in [-0.15, -0.1) is 0 Å². The molecule has 0 aliphatic carbocycles. The lowest BCUT2D eigenvalue weighted by molar-refractivity contribution is 0.107. The zero-order chi connectivity index (χ0) is 24.4. The van der Waals surface area contributed by atoms with Crippen molar-refractivity contribution in [3.63, 3.8) is 0 Å². The first-order valence-electron chi connectivity index (χ1n) is 12.6. The van der Waals surface area contributed by atoms with Crippen LogP contribution in [0.1, 0.15) is 102 Å². The summed E-state index contributed by atoms with van der Waals surface area (Å²) in [7, 11) is -3.97. The third kappa shape index (κ3) is 13.6. The van der Waals surface area contributed by atoms with Gasteiger partial charge in [0.15, 0.2) is 0 Å². The quantitative estimate of drug-likeness (QED) is 0.0696. The van der Waals surface area contributed by atoms with Crippen LogP contribution >= 0.6 is 0 Å². The largest absolute Gasteiger partial charge is 0.393 e. The zero-order valence-electron chi connectivity index (χ0n) is 20.5. The molecule has 0 amide bonds. The van der Waals surface area contributed by atoms with Gasteiger partial charge in [0, 0.05) is 4.91 Å². The molecule has 0 aromatic heterocycles. The van der Waals surface area contributed by atoms with Crippen LogP contribution in [0.2, 0.25) is 0 Å². The fourth-order valence-electron chi connectivity index (χ4n) is 3.78. The van der Waals surface area contributed by atoms with E-state index in [0.717, 1.165) is 24.8 Å². The van der Waals surface area contributed by atoms with E-state index in [-0.39, 0.29) is 11.5 Å². The second-order valence-electron chi connectivity index (χ2n) is 8.92. The Balaban J connectivity index is 2.20. The third-order valence-electron chi connectivity index (χ3n) is 5.95. The highest BCUT2D eigenvalue weighted by Gasteiger charge is 2.23. The van der Waals surface area contributed by atoms with E-state index in [1.165, 1.54) is 76.3 Å². The normalized spacial score (nSPS) is 13.4. The molecule has 0 heterocycles. The molecule has 0 aliphatic rings. The van der Waals surface area contributed by atoms with Gasteiger partial charge in [-0.3, -0.25) is 4.18 Å². The number of aryl methyl sites for hydroxylation is 1. The lowest BCUT2D eigenvalue weighted by Crippen LogP contribution is -2.30. The Morgan fingerprint density at radius 2 is 1.39 bits per heavy atom. The number of aliphatic hydroxyl groups excluding tert-OH is 1. The maximum Gasteiger partial charge on any atom is 0.296 e. The number of unbranched alkanes of at least 4 members (excludes halogenated alkanes) is 12. The molecule has 7 nitrogen and oxygen atoms in total. The van der Waals surface area contributed by atoms with Gasteiger partial charge in [0.05, 0.1) is 23.6 Å². The Morgan fingerprint density at radius 3 is 1.88 bits per heavy atom. The summed E-state index contributed by atoms with van der Waals surface area (Å²) in [5.41, 5.74) is 9.73. The van der Waals surface area contributed by atoms with Crippen LogP contribution in [-0.4, -0.2) is 32.3 Å². The van der Waals surface area contributed by atoms with Crippen LogP contribution in [-0.2, 0) is 14.3 Å². The number of rotatable bonds is 20. The summed E-state index contributed by atoms with van der Waals surface area (Å²) < 4.78 is 29.7. The minimum atomic E-state index is -3.97. The average molecular weight is 482 g/mol. The molecule has 0 bridgehead atoms. The highest BCUT2D eigenvalue weighted by Crippen LogP contribution is 2.17. The van der Waals surface area contributed by atoms with Crippen LogP contribution in [0.5, 0.6) is 0 Å². The van der Waals surface area contributed by atoms with Crippen molar-refractivity contribution in [3.05, 3.63) is 40.3 Å². The molecule has 33 heavy (non-hydrogen) atoms. The van der Waals surface area contributed by atoms with Crippen LogP contribution in [0.15, 0.2) is 34.3 Å². The third-order valence-corrected chi connectivity index (χ3v) is 7.25. The van der Waals surface area contributed by atoms with Gasteiger partial charge in [-0.1, -0.05) is 113 Å². The van der Waals surface area contributed by atoms with Gasteiger partial charge < -0.3 is 5.11 Å². The Kier molecular flexibility index (Phi) is 15.9. The molecule has 0 radical (unpaired) electrons. The van der Waals surface area contributed by atoms with Gasteiger partial charge in [0.25, 0.3) is 10.1 Å². The standard InChI is InChI=1S/C25H43N3O4S/c1-3-4-5-6-7-8-9-10-11-12-13-14-15-16-25(29)24(27-28-26)21-32-33(30,31)23-19-17-22(2)18-20-23/h17-20,24-25,29H,3-16,21H2,1-2H3/t24-,25+/m0/s1. The summed E-state index contributed by atoms with van der Waals surface area (Å²) in [4.78, 5) is 2.79. The summed E-state index contributed by atoms with van der Waals surface area (Å²) in [6, 6.07) is 5.37. The lowest BCUT2D eigenvalue weighted by atomic mass is 10.0. The first kappa shape index (κ1) is 29.4. The van der Waals surface area contributed by atoms with Gasteiger partial charge in [-0.05, 0) is 31.0 Å². The van der Waals surface area contributed by atoms with Crippen molar-refractivity contribution < 1.29 is 17.7 Å². The van der Waals surface area contributed by atoms with Crippen molar-refractivity contribution in [1.29, 1.82) is 0 Å². The van der Waals surface area contributed by atoms with E-state index in [0.29, 0.717) is 6.42 Å². The number of azide groups is 1. The van der Waals surface area contributed by atoms with E-state index in [1.54, 1.807) is 12.1 Å². The maximum absolute atomic E-state index is 12.3. The van der Waals surface area contributed by atoms with Crippen molar-refractivity contribution in [2.45, 2.75) is 121 Å². The second-order valence-corrected chi connectivity index (χ2v) is 10.5. The van der Waals surface area contributed by atoms with Crippen LogP contribution in [0, 0.1) is 6.92 Å². The van der Waals surface area contributed by atoms with Gasteiger partial charge in [-0.2, -0.15) is 8.42 Å². The van der Waals surface area contributed by atoms with E-state index in [9.17, 15) is 13.5 Å². The van der Waals surface area contributed by atoms with E-state index in [2.05, 4.69) is 16.9 Å². The smallest absolute Gasteiger partial charge is 0.296 e. The molecule has 0 spiro atoms. The minimum absolute atomic E-state index is 0.0405. The molecule has 0 saturated carbocycles. The molecule has 1 N–H and O–H groups in total. The lowest BCUT2D eigenvalue weighted by Gasteiger charge is -2.18. The van der Waals surface area contributed by atoms with Crippen molar-refractivity contribution in [2.75, 3.05) is 6.61 Å². The number of benzene rings is 1. The fraction of sp³-hybridized carbons (Fsp3) is 0.760. The molecule has 8 heteroatoms. The van der Waals surface area contributed by atoms with E-state index in [4.69, 9.17) is 9.71 Å². The van der Waals surface area contributed by atoms with Crippen molar-refractivity contribution in [2.24, 2.45) is 5.11 Å². The van der Waals surface area contributed by atoms with Crippen molar-refractivity contribution in [3.8, 4) is 0 Å². The zero-order valence-corrected chi connectivity index (χ0v) is 21.3. The van der Waals surface area contributed by atoms with Gasteiger partial charge >= 0.3 is 0 Å². The summed E-state index contributed by atoms with van der Waals surface area (Å²) in [5, 5.41) is 13.9. The Bertz CT molecular complexity index is 777. The topological polar surface area (TPSA) is 112 Å². The number of aliphatic hydroxyl groups is 1. The van der Waals surface area contributed by atoms with Gasteiger partial charge in [0.1, 0.15) is 0 Å². The molecule has 0 saturated heterocycles. The molecule has 188 valence electrons. The molecular weight excluding hydrogens is 438 g/mol. The van der Waals surface area contributed by atoms with E-state index in [1.807, 2.05) is 6.92 Å². The number of nitrogens with zero attached hydrogens (tertiary/aromatic N) is 3. The SMILES string of the molecule is CCCCCCCCCCCCCCC[C@@H](O)[C@H](COS(=O)(=O)c1ccc(C)cc1)N=[N+]=[N-]. The first-order valence-corrected chi connectivity index (χ1v) is 14.0. The number of hydrogen-bond donors (Lipinski definition) is 1. The summed E-state index contributed by atoms with van der Waals surface area (Å²) >= 11 is 0. The minimum Gasteiger partial charge on any atom is -0.393 e. The molecule has 0 aliphatic heterocycles. The van der Waals surface area contributed by atoms with Crippen LogP contribution in [0.25, 0.3) is 10.4 Å². The molecule has 0 fully saturated rings. The maximum atomic E-state index is 12.3. The Labute approximate surface area is 200 Å². The molecule has 1 rings (SSSR count). The summed E-state index contributed by atoms with van der Waals surface area (Å²) in [5.74, 6) is 0. The van der Waals surface area contributed by atoms with Crippen LogP contribution in [0.3, 0.4) is 0 Å². The summed E-state index contributed by atoms with van der Waals surface area (Å²) in [6.45, 7) is 3.73. The molecule has 1 aromatic rings.